The van der Waals surface area contributed by atoms with Crippen LogP contribution in [0.1, 0.15) is 5.56 Å². The summed E-state index contributed by atoms with van der Waals surface area (Å²) in [5.74, 6) is 0. The third-order valence-electron chi connectivity index (χ3n) is 2.00. The molecule has 0 saturated heterocycles. The van der Waals surface area contributed by atoms with Crippen molar-refractivity contribution in [3.63, 3.8) is 0 Å². The molecule has 70 valence electrons. The first-order valence-corrected chi connectivity index (χ1v) is 4.43. The fourth-order valence-corrected chi connectivity index (χ4v) is 1.34. The van der Waals surface area contributed by atoms with Crippen molar-refractivity contribution in [1.82, 2.24) is 9.78 Å². The lowest BCUT2D eigenvalue weighted by atomic mass is 10.1. The zero-order valence-electron chi connectivity index (χ0n) is 7.63. The number of hydrogen-bond donors (Lipinski definition) is 0. The van der Waals surface area contributed by atoms with Gasteiger partial charge in [0.2, 0.25) is 0 Å². The molecule has 0 saturated carbocycles. The minimum atomic E-state index is 0.453. The molecule has 0 unspecified atom stereocenters. The summed E-state index contributed by atoms with van der Waals surface area (Å²) in [5.41, 5.74) is 1.99. The summed E-state index contributed by atoms with van der Waals surface area (Å²) >= 11 is 0. The predicted octanol–water partition coefficient (Wildman–Crippen LogP) is 1.61. The molecule has 3 nitrogen and oxygen atoms in total. The van der Waals surface area contributed by atoms with E-state index in [9.17, 15) is 4.79 Å². The fraction of sp³-hybridized carbons (Fsp3) is 0.0909. The van der Waals surface area contributed by atoms with Crippen molar-refractivity contribution < 1.29 is 4.79 Å². The van der Waals surface area contributed by atoms with Gasteiger partial charge in [0.1, 0.15) is 6.29 Å². The summed E-state index contributed by atoms with van der Waals surface area (Å²) in [6.07, 6.45) is 4.96. The Hall–Kier alpha value is -1.90. The van der Waals surface area contributed by atoms with Gasteiger partial charge in [0.15, 0.2) is 0 Å². The maximum Gasteiger partial charge on any atom is 0.124 e. The lowest BCUT2D eigenvalue weighted by Crippen LogP contribution is -1.95. The molecule has 0 bridgehead atoms. The third kappa shape index (κ3) is 1.71. The van der Waals surface area contributed by atoms with Gasteiger partial charge in [0.25, 0.3) is 0 Å². The van der Waals surface area contributed by atoms with Crippen LogP contribution in [0.3, 0.4) is 0 Å². The minimum absolute atomic E-state index is 0.453. The Balaban J connectivity index is 2.35. The molecule has 2 rings (SSSR count). The van der Waals surface area contributed by atoms with Gasteiger partial charge in [-0.2, -0.15) is 5.10 Å². The molecule has 0 radical (unpaired) electrons. The maximum atomic E-state index is 10.3. The second-order valence-electron chi connectivity index (χ2n) is 2.99. The van der Waals surface area contributed by atoms with Crippen molar-refractivity contribution in [3.8, 4) is 5.69 Å². The van der Waals surface area contributed by atoms with E-state index in [4.69, 9.17) is 0 Å². The number of rotatable bonds is 3. The quantitative estimate of drug-likeness (QED) is 0.682. The lowest BCUT2D eigenvalue weighted by Gasteiger charge is -2.02. The summed E-state index contributed by atoms with van der Waals surface area (Å²) in [7, 11) is 0. The Kier molecular flexibility index (Phi) is 2.40. The standard InChI is InChI=1S/C11H10N2O/c14-8-5-10-3-1-4-11(9-10)13-7-2-6-12-13/h1-4,6-9H,5H2. The average Bonchev–Trinajstić information content (AvgIpc) is 2.71. The Bertz CT molecular complexity index is 421. The molecule has 0 spiro atoms. The number of nitrogens with zero attached hydrogens (tertiary/aromatic N) is 2. The van der Waals surface area contributed by atoms with Gasteiger partial charge in [-0.05, 0) is 23.8 Å². The van der Waals surface area contributed by atoms with E-state index in [2.05, 4.69) is 5.10 Å². The molecule has 2 aromatic rings. The van der Waals surface area contributed by atoms with E-state index in [1.165, 1.54) is 0 Å². The molecular weight excluding hydrogens is 176 g/mol. The van der Waals surface area contributed by atoms with E-state index in [0.717, 1.165) is 17.5 Å². The van der Waals surface area contributed by atoms with Crippen LogP contribution in [-0.2, 0) is 11.2 Å². The van der Waals surface area contributed by atoms with Gasteiger partial charge in [-0.25, -0.2) is 4.68 Å². The number of hydrogen-bond acceptors (Lipinski definition) is 2. The van der Waals surface area contributed by atoms with Crippen LogP contribution in [0.5, 0.6) is 0 Å². The number of benzene rings is 1. The van der Waals surface area contributed by atoms with Crippen LogP contribution >= 0.6 is 0 Å². The van der Waals surface area contributed by atoms with Crippen molar-refractivity contribution in [2.75, 3.05) is 0 Å². The summed E-state index contributed by atoms with van der Waals surface area (Å²) in [6.45, 7) is 0. The first-order chi connectivity index (χ1) is 6.90. The second kappa shape index (κ2) is 3.87. The van der Waals surface area contributed by atoms with Crippen LogP contribution in [0, 0.1) is 0 Å². The second-order valence-corrected chi connectivity index (χ2v) is 2.99. The highest BCUT2D eigenvalue weighted by Gasteiger charge is 1.97. The molecular formula is C11H10N2O. The summed E-state index contributed by atoms with van der Waals surface area (Å²) < 4.78 is 1.77. The molecule has 3 heteroatoms. The highest BCUT2D eigenvalue weighted by molar-refractivity contribution is 5.55. The first kappa shape index (κ1) is 8.69. The zero-order chi connectivity index (χ0) is 9.80. The molecule has 0 aliphatic carbocycles. The highest BCUT2D eigenvalue weighted by atomic mass is 16.1. The minimum Gasteiger partial charge on any atom is -0.303 e. The Labute approximate surface area is 82.0 Å². The van der Waals surface area contributed by atoms with Crippen LogP contribution in [-0.4, -0.2) is 16.1 Å². The monoisotopic (exact) mass is 186 g/mol. The molecule has 0 fully saturated rings. The van der Waals surface area contributed by atoms with Gasteiger partial charge in [0, 0.05) is 18.8 Å². The van der Waals surface area contributed by atoms with Gasteiger partial charge in [-0.15, -0.1) is 0 Å². The number of carbonyl (C=O) groups is 1. The molecule has 0 aliphatic heterocycles. The normalized spacial score (nSPS) is 10.0. The van der Waals surface area contributed by atoms with Crippen molar-refractivity contribution in [2.45, 2.75) is 6.42 Å². The molecule has 0 atom stereocenters. The van der Waals surface area contributed by atoms with E-state index < -0.39 is 0 Å². The SMILES string of the molecule is O=CCc1cccc(-n2cccn2)c1. The molecule has 0 aliphatic rings. The summed E-state index contributed by atoms with van der Waals surface area (Å²) in [6, 6.07) is 9.65. The van der Waals surface area contributed by atoms with Crippen molar-refractivity contribution in [1.29, 1.82) is 0 Å². The van der Waals surface area contributed by atoms with Gasteiger partial charge < -0.3 is 4.79 Å². The molecule has 14 heavy (non-hydrogen) atoms. The number of carbonyl (C=O) groups excluding carboxylic acids is 1. The van der Waals surface area contributed by atoms with Crippen LogP contribution in [0.4, 0.5) is 0 Å². The van der Waals surface area contributed by atoms with Crippen LogP contribution < -0.4 is 0 Å². The highest BCUT2D eigenvalue weighted by Crippen LogP contribution is 2.09. The maximum absolute atomic E-state index is 10.3. The smallest absolute Gasteiger partial charge is 0.124 e. The molecule has 0 N–H and O–H groups in total. The molecule has 1 aromatic heterocycles. The van der Waals surface area contributed by atoms with Gasteiger partial charge in [-0.3, -0.25) is 0 Å². The Morgan fingerprint density at radius 3 is 3.00 bits per heavy atom. The molecule has 1 heterocycles. The molecule has 1 aromatic carbocycles. The van der Waals surface area contributed by atoms with Gasteiger partial charge >= 0.3 is 0 Å². The Morgan fingerprint density at radius 1 is 1.36 bits per heavy atom. The van der Waals surface area contributed by atoms with E-state index in [0.29, 0.717) is 6.42 Å². The number of aromatic nitrogens is 2. The van der Waals surface area contributed by atoms with E-state index in [-0.39, 0.29) is 0 Å². The van der Waals surface area contributed by atoms with Crippen molar-refractivity contribution >= 4 is 6.29 Å². The van der Waals surface area contributed by atoms with E-state index in [1.807, 2.05) is 36.5 Å². The largest absolute Gasteiger partial charge is 0.303 e. The summed E-state index contributed by atoms with van der Waals surface area (Å²) in [5, 5.41) is 4.12. The van der Waals surface area contributed by atoms with Crippen molar-refractivity contribution in [3.05, 3.63) is 48.3 Å². The first-order valence-electron chi connectivity index (χ1n) is 4.43. The van der Waals surface area contributed by atoms with Crippen LogP contribution in [0.15, 0.2) is 42.7 Å². The van der Waals surface area contributed by atoms with Gasteiger partial charge in [0.05, 0.1) is 5.69 Å². The Morgan fingerprint density at radius 2 is 2.29 bits per heavy atom. The van der Waals surface area contributed by atoms with Crippen molar-refractivity contribution in [2.24, 2.45) is 0 Å². The number of aldehydes is 1. The molecule has 0 amide bonds. The fourth-order valence-electron chi connectivity index (χ4n) is 1.34. The van der Waals surface area contributed by atoms with E-state index >= 15 is 0 Å². The average molecular weight is 186 g/mol. The topological polar surface area (TPSA) is 34.9 Å². The van der Waals surface area contributed by atoms with E-state index in [1.54, 1.807) is 10.9 Å². The zero-order valence-corrected chi connectivity index (χ0v) is 7.63. The predicted molar refractivity (Wildman–Crippen MR) is 53.3 cm³/mol. The van der Waals surface area contributed by atoms with Gasteiger partial charge in [-0.1, -0.05) is 12.1 Å². The van der Waals surface area contributed by atoms with Crippen LogP contribution in [0.2, 0.25) is 0 Å². The lowest BCUT2D eigenvalue weighted by molar-refractivity contribution is -0.107. The third-order valence-corrected chi connectivity index (χ3v) is 2.00. The van der Waals surface area contributed by atoms with Crippen LogP contribution in [0.25, 0.3) is 5.69 Å². The summed E-state index contributed by atoms with van der Waals surface area (Å²) in [4.78, 5) is 10.3.